The predicted molar refractivity (Wildman–Crippen MR) is 144 cm³/mol. The number of hydrogen-bond acceptors (Lipinski definition) is 6. The fourth-order valence-corrected chi connectivity index (χ4v) is 4.31. The number of benzene rings is 1. The summed E-state index contributed by atoms with van der Waals surface area (Å²) in [6.07, 6.45) is 1.70. The minimum atomic E-state index is -0.164. The zero-order valence-electron chi connectivity index (χ0n) is 22.0. The Hall–Kier alpha value is -3.20. The van der Waals surface area contributed by atoms with Crippen molar-refractivity contribution in [1.82, 2.24) is 30.2 Å². The maximum Gasteiger partial charge on any atom is 0.317 e. The third-order valence-electron chi connectivity index (χ3n) is 6.61. The normalized spacial score (nSPS) is 14.0. The zero-order chi connectivity index (χ0) is 25.8. The Bertz CT molecular complexity index is 935. The van der Waals surface area contributed by atoms with Gasteiger partial charge in [0.05, 0.1) is 5.69 Å². The molecule has 196 valence electrons. The number of anilines is 1. The van der Waals surface area contributed by atoms with Crippen LogP contribution in [0.3, 0.4) is 0 Å². The van der Waals surface area contributed by atoms with Crippen molar-refractivity contribution < 1.29 is 9.59 Å². The standard InChI is InChI=1S/C27H41N7O2/c1-4-15-28-27(36)34(19-18-31(5-2)6-3)22-26(35)33-17-10-16-32(20-21-33)25-14-13-24(29-30-25)23-11-8-7-9-12-23/h7-9,11-14H,4-6,10,15-22H2,1-3H3,(H,28,36). The molecule has 0 spiro atoms. The van der Waals surface area contributed by atoms with Gasteiger partial charge >= 0.3 is 6.03 Å². The average molecular weight is 496 g/mol. The second-order valence-corrected chi connectivity index (χ2v) is 9.04. The molecule has 2 heterocycles. The summed E-state index contributed by atoms with van der Waals surface area (Å²) >= 11 is 0. The van der Waals surface area contributed by atoms with Crippen molar-refractivity contribution in [3.63, 3.8) is 0 Å². The average Bonchev–Trinajstić information content (AvgIpc) is 3.18. The summed E-state index contributed by atoms with van der Waals surface area (Å²) in [6.45, 7) is 12.9. The van der Waals surface area contributed by atoms with E-state index < -0.39 is 0 Å². The largest absolute Gasteiger partial charge is 0.353 e. The van der Waals surface area contributed by atoms with Gasteiger partial charge in [0.25, 0.3) is 0 Å². The van der Waals surface area contributed by atoms with Crippen LogP contribution in [0.1, 0.15) is 33.6 Å². The monoisotopic (exact) mass is 495 g/mol. The third-order valence-corrected chi connectivity index (χ3v) is 6.61. The van der Waals surface area contributed by atoms with Crippen molar-refractivity contribution in [1.29, 1.82) is 0 Å². The first kappa shape index (κ1) is 27.4. The van der Waals surface area contributed by atoms with Gasteiger partial charge in [-0.25, -0.2) is 4.79 Å². The van der Waals surface area contributed by atoms with Gasteiger partial charge in [-0.2, -0.15) is 0 Å². The van der Waals surface area contributed by atoms with Crippen molar-refractivity contribution >= 4 is 17.8 Å². The molecule has 1 N–H and O–H groups in total. The van der Waals surface area contributed by atoms with Gasteiger partial charge < -0.3 is 24.9 Å². The van der Waals surface area contributed by atoms with E-state index in [0.717, 1.165) is 56.1 Å². The van der Waals surface area contributed by atoms with Crippen molar-refractivity contribution in [2.45, 2.75) is 33.6 Å². The molecule has 9 heteroatoms. The highest BCUT2D eigenvalue weighted by atomic mass is 16.2. The SMILES string of the molecule is CCCNC(=O)N(CCN(CC)CC)CC(=O)N1CCCN(c2ccc(-c3ccccc3)nn2)CC1. The topological polar surface area (TPSA) is 84.9 Å². The van der Waals surface area contributed by atoms with Crippen LogP contribution in [-0.4, -0.2) is 102 Å². The van der Waals surface area contributed by atoms with Crippen LogP contribution >= 0.6 is 0 Å². The number of nitrogens with one attached hydrogen (secondary N) is 1. The summed E-state index contributed by atoms with van der Waals surface area (Å²) in [7, 11) is 0. The smallest absolute Gasteiger partial charge is 0.317 e. The quantitative estimate of drug-likeness (QED) is 0.516. The van der Waals surface area contributed by atoms with E-state index in [1.807, 2.05) is 54.3 Å². The van der Waals surface area contributed by atoms with Gasteiger partial charge in [-0.3, -0.25) is 4.79 Å². The molecule has 3 rings (SSSR count). The van der Waals surface area contributed by atoms with Crippen LogP contribution in [0.15, 0.2) is 42.5 Å². The Balaban J connectivity index is 1.58. The predicted octanol–water partition coefficient (Wildman–Crippen LogP) is 2.95. The number of likely N-dealkylation sites (N-methyl/N-ethyl adjacent to an activating group) is 1. The lowest BCUT2D eigenvalue weighted by Gasteiger charge is -2.29. The van der Waals surface area contributed by atoms with Crippen LogP contribution < -0.4 is 10.2 Å². The lowest BCUT2D eigenvalue weighted by Crippen LogP contribution is -2.49. The van der Waals surface area contributed by atoms with Gasteiger partial charge in [0, 0.05) is 51.4 Å². The molecule has 2 aromatic rings. The summed E-state index contributed by atoms with van der Waals surface area (Å²) in [6, 6.07) is 13.8. The van der Waals surface area contributed by atoms with Crippen LogP contribution in [-0.2, 0) is 4.79 Å². The number of urea groups is 1. The van der Waals surface area contributed by atoms with E-state index in [9.17, 15) is 9.59 Å². The summed E-state index contributed by atoms with van der Waals surface area (Å²) in [4.78, 5) is 33.9. The van der Waals surface area contributed by atoms with Gasteiger partial charge in [-0.05, 0) is 38.1 Å². The molecule has 36 heavy (non-hydrogen) atoms. The number of rotatable bonds is 11. The van der Waals surface area contributed by atoms with E-state index in [1.165, 1.54) is 0 Å². The molecule has 1 aliphatic heterocycles. The van der Waals surface area contributed by atoms with E-state index in [2.05, 4.69) is 39.2 Å². The zero-order valence-corrected chi connectivity index (χ0v) is 22.0. The highest BCUT2D eigenvalue weighted by Gasteiger charge is 2.24. The summed E-state index contributed by atoms with van der Waals surface area (Å²) in [5, 5.41) is 11.8. The van der Waals surface area contributed by atoms with Gasteiger partial charge in [-0.1, -0.05) is 51.1 Å². The van der Waals surface area contributed by atoms with E-state index in [1.54, 1.807) is 4.90 Å². The van der Waals surface area contributed by atoms with Gasteiger partial charge in [0.15, 0.2) is 5.82 Å². The summed E-state index contributed by atoms with van der Waals surface area (Å²) in [5.74, 6) is 0.817. The molecule has 3 amide bonds. The molecular weight excluding hydrogens is 454 g/mol. The molecule has 1 aliphatic rings. The number of carbonyl (C=O) groups is 2. The van der Waals surface area contributed by atoms with Crippen molar-refractivity contribution in [2.75, 3.05) is 70.3 Å². The van der Waals surface area contributed by atoms with Gasteiger partial charge in [0.1, 0.15) is 6.54 Å². The second kappa shape index (κ2) is 14.4. The Morgan fingerprint density at radius 3 is 2.36 bits per heavy atom. The van der Waals surface area contributed by atoms with Crippen LogP contribution in [0.4, 0.5) is 10.6 Å². The minimum absolute atomic E-state index is 0.00597. The summed E-state index contributed by atoms with van der Waals surface area (Å²) < 4.78 is 0. The van der Waals surface area contributed by atoms with Crippen LogP contribution in [0, 0.1) is 0 Å². The van der Waals surface area contributed by atoms with E-state index in [4.69, 9.17) is 0 Å². The van der Waals surface area contributed by atoms with E-state index in [-0.39, 0.29) is 18.5 Å². The number of hydrogen-bond donors (Lipinski definition) is 1. The first-order valence-electron chi connectivity index (χ1n) is 13.2. The molecule has 1 aromatic heterocycles. The van der Waals surface area contributed by atoms with Gasteiger partial charge in [0.2, 0.25) is 5.91 Å². The summed E-state index contributed by atoms with van der Waals surface area (Å²) in [5.41, 5.74) is 1.88. The molecular formula is C27H41N7O2. The number of nitrogens with zero attached hydrogens (tertiary/aromatic N) is 6. The molecule has 1 saturated heterocycles. The Labute approximate surface area is 215 Å². The highest BCUT2D eigenvalue weighted by molar-refractivity contribution is 5.84. The minimum Gasteiger partial charge on any atom is -0.353 e. The van der Waals surface area contributed by atoms with Crippen molar-refractivity contribution in [3.05, 3.63) is 42.5 Å². The van der Waals surface area contributed by atoms with E-state index in [0.29, 0.717) is 32.7 Å². The maximum atomic E-state index is 13.2. The molecule has 0 bridgehead atoms. The molecule has 0 atom stereocenters. The third kappa shape index (κ3) is 7.91. The fourth-order valence-electron chi connectivity index (χ4n) is 4.31. The first-order valence-corrected chi connectivity index (χ1v) is 13.2. The van der Waals surface area contributed by atoms with Crippen molar-refractivity contribution in [3.8, 4) is 11.3 Å². The molecule has 1 aromatic carbocycles. The molecule has 1 fully saturated rings. The molecule has 0 aliphatic carbocycles. The Morgan fingerprint density at radius 1 is 0.917 bits per heavy atom. The molecule has 0 unspecified atom stereocenters. The second-order valence-electron chi connectivity index (χ2n) is 9.04. The Morgan fingerprint density at radius 2 is 1.69 bits per heavy atom. The van der Waals surface area contributed by atoms with Crippen molar-refractivity contribution in [2.24, 2.45) is 0 Å². The van der Waals surface area contributed by atoms with Gasteiger partial charge in [-0.15, -0.1) is 10.2 Å². The molecule has 0 radical (unpaired) electrons. The first-order chi connectivity index (χ1) is 17.5. The number of amides is 3. The van der Waals surface area contributed by atoms with Crippen LogP contribution in [0.5, 0.6) is 0 Å². The van der Waals surface area contributed by atoms with Crippen LogP contribution in [0.2, 0.25) is 0 Å². The lowest BCUT2D eigenvalue weighted by atomic mass is 10.1. The number of carbonyl (C=O) groups excluding carboxylic acids is 2. The number of aromatic nitrogens is 2. The fraction of sp³-hybridized carbons (Fsp3) is 0.556. The lowest BCUT2D eigenvalue weighted by molar-refractivity contribution is -0.131. The van der Waals surface area contributed by atoms with Crippen LogP contribution in [0.25, 0.3) is 11.3 Å². The molecule has 0 saturated carbocycles. The molecule has 9 nitrogen and oxygen atoms in total. The van der Waals surface area contributed by atoms with E-state index >= 15 is 0 Å². The maximum absolute atomic E-state index is 13.2. The highest BCUT2D eigenvalue weighted by Crippen LogP contribution is 2.19. The Kier molecular flexibility index (Phi) is 10.9.